The molecule has 0 aliphatic heterocycles. The van der Waals surface area contributed by atoms with Gasteiger partial charge in [0.25, 0.3) is 5.91 Å². The molecule has 1 aliphatic carbocycles. The highest BCUT2D eigenvalue weighted by Crippen LogP contribution is 2.44. The monoisotopic (exact) mass is 534 g/mol. The van der Waals surface area contributed by atoms with E-state index in [-0.39, 0.29) is 24.6 Å². The van der Waals surface area contributed by atoms with Crippen molar-refractivity contribution in [1.82, 2.24) is 4.90 Å². The quantitative estimate of drug-likeness (QED) is 0.371. The van der Waals surface area contributed by atoms with E-state index in [9.17, 15) is 14.4 Å². The predicted octanol–water partition coefficient (Wildman–Crippen LogP) is 5.52. The van der Waals surface area contributed by atoms with Crippen LogP contribution in [0.3, 0.4) is 0 Å². The summed E-state index contributed by atoms with van der Waals surface area (Å²) in [4.78, 5) is 37.7. The number of carbonyl (C=O) groups is 3. The standard InChI is InChI=1S/C27H23BrN2O5/c1-2-11-30(15-25(31)32)26(33)17-12-18(28)14-19(13-17)29-27(34)35-16-24-22-9-5-3-7-20(22)21-8-4-6-10-23(21)24/h2-10,12-14,24H,1,11,15-16H2,(H,29,34)(H,31,32). The summed E-state index contributed by atoms with van der Waals surface area (Å²) in [5, 5.41) is 11.8. The van der Waals surface area contributed by atoms with Crippen LogP contribution >= 0.6 is 15.9 Å². The smallest absolute Gasteiger partial charge is 0.411 e. The summed E-state index contributed by atoms with van der Waals surface area (Å²) in [5.74, 6) is -1.70. The molecule has 0 heterocycles. The molecule has 178 valence electrons. The maximum Gasteiger partial charge on any atom is 0.411 e. The predicted molar refractivity (Wildman–Crippen MR) is 137 cm³/mol. The van der Waals surface area contributed by atoms with Crippen molar-refractivity contribution >= 4 is 39.6 Å². The van der Waals surface area contributed by atoms with Crippen LogP contribution in [0.4, 0.5) is 10.5 Å². The van der Waals surface area contributed by atoms with Gasteiger partial charge in [0.15, 0.2) is 0 Å². The van der Waals surface area contributed by atoms with Gasteiger partial charge in [-0.2, -0.15) is 0 Å². The Morgan fingerprint density at radius 1 is 1.03 bits per heavy atom. The molecule has 2 amide bonds. The van der Waals surface area contributed by atoms with Gasteiger partial charge in [0.2, 0.25) is 0 Å². The fourth-order valence-corrected chi connectivity index (χ4v) is 4.75. The zero-order valence-electron chi connectivity index (χ0n) is 18.7. The van der Waals surface area contributed by atoms with Crippen LogP contribution < -0.4 is 5.32 Å². The van der Waals surface area contributed by atoms with E-state index >= 15 is 0 Å². The molecule has 3 aromatic rings. The summed E-state index contributed by atoms with van der Waals surface area (Å²) in [6.45, 7) is 3.34. The van der Waals surface area contributed by atoms with Crippen molar-refractivity contribution < 1.29 is 24.2 Å². The van der Waals surface area contributed by atoms with Crippen LogP contribution in [0.2, 0.25) is 0 Å². The van der Waals surface area contributed by atoms with Crippen LogP contribution in [0.15, 0.2) is 83.9 Å². The number of halogens is 1. The second-order valence-electron chi connectivity index (χ2n) is 8.05. The number of fused-ring (bicyclic) bond motifs is 3. The lowest BCUT2D eigenvalue weighted by Crippen LogP contribution is -2.35. The van der Waals surface area contributed by atoms with E-state index in [0.29, 0.717) is 10.2 Å². The van der Waals surface area contributed by atoms with Crippen LogP contribution in [-0.2, 0) is 9.53 Å². The molecule has 35 heavy (non-hydrogen) atoms. The molecule has 0 spiro atoms. The number of carboxylic acids is 1. The van der Waals surface area contributed by atoms with E-state index in [2.05, 4.69) is 40.0 Å². The summed E-state index contributed by atoms with van der Waals surface area (Å²) in [7, 11) is 0. The number of nitrogens with zero attached hydrogens (tertiary/aromatic N) is 1. The lowest BCUT2D eigenvalue weighted by Gasteiger charge is -2.19. The van der Waals surface area contributed by atoms with E-state index in [1.807, 2.05) is 36.4 Å². The first-order chi connectivity index (χ1) is 16.9. The third-order valence-electron chi connectivity index (χ3n) is 5.70. The van der Waals surface area contributed by atoms with Gasteiger partial charge in [0.05, 0.1) is 0 Å². The number of amides is 2. The van der Waals surface area contributed by atoms with Gasteiger partial charge < -0.3 is 14.7 Å². The number of rotatable bonds is 8. The van der Waals surface area contributed by atoms with Gasteiger partial charge in [-0.1, -0.05) is 70.5 Å². The number of hydrogen-bond donors (Lipinski definition) is 2. The SMILES string of the molecule is C=CCN(CC(=O)O)C(=O)c1cc(Br)cc(NC(=O)OCC2c3ccccc3-c3ccccc32)c1. The van der Waals surface area contributed by atoms with Crippen molar-refractivity contribution in [2.45, 2.75) is 5.92 Å². The molecular weight excluding hydrogens is 512 g/mol. The molecule has 0 saturated carbocycles. The third-order valence-corrected chi connectivity index (χ3v) is 6.16. The molecule has 3 aromatic carbocycles. The minimum atomic E-state index is -1.13. The van der Waals surface area contributed by atoms with Gasteiger partial charge >= 0.3 is 12.1 Å². The third kappa shape index (κ3) is 5.44. The highest BCUT2D eigenvalue weighted by molar-refractivity contribution is 9.10. The number of carbonyl (C=O) groups excluding carboxylic acids is 2. The largest absolute Gasteiger partial charge is 0.480 e. The molecular formula is C27H23BrN2O5. The summed E-state index contributed by atoms with van der Waals surface area (Å²) in [6.07, 6.45) is 0.797. The Balaban J connectivity index is 1.46. The van der Waals surface area contributed by atoms with E-state index in [4.69, 9.17) is 9.84 Å². The Morgan fingerprint density at radius 3 is 2.26 bits per heavy atom. The van der Waals surface area contributed by atoms with E-state index in [1.54, 1.807) is 12.1 Å². The number of ether oxygens (including phenoxy) is 1. The molecule has 0 aromatic heterocycles. The first kappa shape index (κ1) is 24.2. The summed E-state index contributed by atoms with van der Waals surface area (Å²) in [6, 6.07) is 20.8. The normalized spacial score (nSPS) is 11.8. The van der Waals surface area contributed by atoms with Gasteiger partial charge in [-0.15, -0.1) is 6.58 Å². The van der Waals surface area contributed by atoms with Crippen molar-refractivity contribution in [1.29, 1.82) is 0 Å². The Labute approximate surface area is 211 Å². The fraction of sp³-hybridized carbons (Fsp3) is 0.148. The first-order valence-electron chi connectivity index (χ1n) is 10.9. The zero-order valence-corrected chi connectivity index (χ0v) is 20.3. The molecule has 7 nitrogen and oxygen atoms in total. The van der Waals surface area contributed by atoms with E-state index in [1.165, 1.54) is 12.1 Å². The zero-order chi connectivity index (χ0) is 24.9. The molecule has 2 N–H and O–H groups in total. The van der Waals surface area contributed by atoms with Crippen LogP contribution in [0.1, 0.15) is 27.4 Å². The molecule has 0 radical (unpaired) electrons. The van der Waals surface area contributed by atoms with Crippen LogP contribution in [0.5, 0.6) is 0 Å². The molecule has 0 fully saturated rings. The molecule has 0 saturated heterocycles. The van der Waals surface area contributed by atoms with E-state index in [0.717, 1.165) is 27.2 Å². The van der Waals surface area contributed by atoms with Gasteiger partial charge in [-0.3, -0.25) is 14.9 Å². The Hall–Kier alpha value is -3.91. The fourth-order valence-electron chi connectivity index (χ4n) is 4.26. The summed E-state index contributed by atoms with van der Waals surface area (Å²) >= 11 is 3.34. The van der Waals surface area contributed by atoms with Crippen LogP contribution in [0, 0.1) is 0 Å². The second kappa shape index (κ2) is 10.6. The number of nitrogens with one attached hydrogen (secondary N) is 1. The number of carboxylic acid groups (broad SMARTS) is 1. The lowest BCUT2D eigenvalue weighted by molar-refractivity contribution is -0.137. The number of aliphatic carboxylic acids is 1. The minimum Gasteiger partial charge on any atom is -0.480 e. The molecule has 0 bridgehead atoms. The Bertz CT molecular complexity index is 1260. The van der Waals surface area contributed by atoms with Crippen LogP contribution in [-0.4, -0.2) is 47.7 Å². The summed E-state index contributed by atoms with van der Waals surface area (Å²) in [5.41, 5.74) is 5.05. The van der Waals surface area contributed by atoms with Crippen molar-refractivity contribution in [3.8, 4) is 11.1 Å². The first-order valence-corrected chi connectivity index (χ1v) is 11.7. The number of benzene rings is 3. The average molecular weight is 535 g/mol. The molecule has 0 atom stereocenters. The van der Waals surface area contributed by atoms with Crippen molar-refractivity contribution in [2.24, 2.45) is 0 Å². The average Bonchev–Trinajstić information content (AvgIpc) is 3.15. The molecule has 8 heteroatoms. The molecule has 1 aliphatic rings. The van der Waals surface area contributed by atoms with Gasteiger partial charge in [0, 0.05) is 28.2 Å². The van der Waals surface area contributed by atoms with Crippen molar-refractivity contribution in [3.05, 3.63) is 101 Å². The van der Waals surface area contributed by atoms with Gasteiger partial charge in [-0.05, 0) is 40.5 Å². The minimum absolute atomic E-state index is 0.0729. The Kier molecular flexibility index (Phi) is 7.31. The number of hydrogen-bond acceptors (Lipinski definition) is 4. The highest BCUT2D eigenvalue weighted by Gasteiger charge is 2.29. The maximum atomic E-state index is 12.8. The maximum absolute atomic E-state index is 12.8. The Morgan fingerprint density at radius 2 is 1.66 bits per heavy atom. The van der Waals surface area contributed by atoms with Crippen molar-refractivity contribution in [3.63, 3.8) is 0 Å². The highest BCUT2D eigenvalue weighted by atomic mass is 79.9. The number of anilines is 1. The van der Waals surface area contributed by atoms with Crippen LogP contribution in [0.25, 0.3) is 11.1 Å². The van der Waals surface area contributed by atoms with E-state index < -0.39 is 24.5 Å². The topological polar surface area (TPSA) is 95.9 Å². The lowest BCUT2D eigenvalue weighted by atomic mass is 9.98. The molecule has 0 unspecified atom stereocenters. The molecule has 4 rings (SSSR count). The van der Waals surface area contributed by atoms with Gasteiger partial charge in [-0.25, -0.2) is 4.79 Å². The van der Waals surface area contributed by atoms with Gasteiger partial charge in [0.1, 0.15) is 13.2 Å². The van der Waals surface area contributed by atoms with Crippen molar-refractivity contribution in [2.75, 3.05) is 25.0 Å². The second-order valence-corrected chi connectivity index (χ2v) is 8.96. The summed E-state index contributed by atoms with van der Waals surface area (Å²) < 4.78 is 6.12.